The summed E-state index contributed by atoms with van der Waals surface area (Å²) in [6.45, 7) is -0.192. The molecule has 1 fully saturated rings. The van der Waals surface area contributed by atoms with Gasteiger partial charge in [0.2, 0.25) is 5.91 Å². The van der Waals surface area contributed by atoms with Crippen LogP contribution in [0, 0.1) is 0 Å². The molecule has 0 atom stereocenters. The number of nitrogens with one attached hydrogen (secondary N) is 3. The molecule has 1 aromatic carbocycles. The minimum absolute atomic E-state index is 0.0554. The van der Waals surface area contributed by atoms with E-state index in [0.717, 1.165) is 25.7 Å². The van der Waals surface area contributed by atoms with Crippen molar-refractivity contribution < 1.29 is 24.2 Å². The van der Waals surface area contributed by atoms with Crippen LogP contribution in [0.25, 0.3) is 0 Å². The van der Waals surface area contributed by atoms with E-state index in [0.29, 0.717) is 5.69 Å². The average molecular weight is 349 g/mol. The van der Waals surface area contributed by atoms with Crippen molar-refractivity contribution in [1.29, 1.82) is 0 Å². The molecule has 0 radical (unpaired) electrons. The van der Waals surface area contributed by atoms with Crippen LogP contribution < -0.4 is 20.7 Å². The van der Waals surface area contributed by atoms with Crippen molar-refractivity contribution in [2.24, 2.45) is 0 Å². The Morgan fingerprint density at radius 1 is 1.20 bits per heavy atom. The minimum Gasteiger partial charge on any atom is -0.495 e. The molecule has 2 rings (SSSR count). The predicted octanol–water partition coefficient (Wildman–Crippen LogP) is 1.96. The van der Waals surface area contributed by atoms with Crippen molar-refractivity contribution in [3.63, 3.8) is 0 Å². The highest BCUT2D eigenvalue weighted by molar-refractivity contribution is 5.96. The number of amides is 3. The summed E-state index contributed by atoms with van der Waals surface area (Å²) >= 11 is 0. The molecule has 8 nitrogen and oxygen atoms in total. The highest BCUT2D eigenvalue weighted by atomic mass is 16.5. The summed E-state index contributed by atoms with van der Waals surface area (Å²) in [4.78, 5) is 34.7. The molecule has 0 unspecified atom stereocenters. The molecule has 1 aliphatic rings. The van der Waals surface area contributed by atoms with Crippen LogP contribution in [0.5, 0.6) is 5.75 Å². The molecular formula is C17H23N3O5. The molecule has 0 heterocycles. The van der Waals surface area contributed by atoms with E-state index in [1.165, 1.54) is 31.7 Å². The van der Waals surface area contributed by atoms with E-state index in [2.05, 4.69) is 16.0 Å². The van der Waals surface area contributed by atoms with Crippen molar-refractivity contribution >= 4 is 23.6 Å². The average Bonchev–Trinajstić information content (AvgIpc) is 2.61. The van der Waals surface area contributed by atoms with E-state index >= 15 is 0 Å². The van der Waals surface area contributed by atoms with Gasteiger partial charge in [0.15, 0.2) is 0 Å². The number of carbonyl (C=O) groups excluding carboxylic acids is 2. The molecule has 0 spiro atoms. The van der Waals surface area contributed by atoms with Gasteiger partial charge in [0.25, 0.3) is 0 Å². The summed E-state index contributed by atoms with van der Waals surface area (Å²) in [6, 6.07) is 3.93. The topological polar surface area (TPSA) is 117 Å². The Morgan fingerprint density at radius 2 is 1.92 bits per heavy atom. The quantitative estimate of drug-likeness (QED) is 0.626. The number of anilines is 1. The number of aromatic carboxylic acids is 1. The second-order valence-electron chi connectivity index (χ2n) is 5.93. The lowest BCUT2D eigenvalue weighted by molar-refractivity contribution is -0.115. The van der Waals surface area contributed by atoms with Gasteiger partial charge in [-0.2, -0.15) is 0 Å². The number of benzene rings is 1. The van der Waals surface area contributed by atoms with Crippen molar-refractivity contribution in [1.82, 2.24) is 10.6 Å². The van der Waals surface area contributed by atoms with Gasteiger partial charge in [-0.25, -0.2) is 9.59 Å². The van der Waals surface area contributed by atoms with E-state index in [9.17, 15) is 14.4 Å². The van der Waals surface area contributed by atoms with Crippen LogP contribution in [-0.2, 0) is 4.79 Å². The summed E-state index contributed by atoms with van der Waals surface area (Å²) < 4.78 is 5.09. The maximum absolute atomic E-state index is 12.0. The Bertz CT molecular complexity index is 641. The van der Waals surface area contributed by atoms with Crippen LogP contribution in [0.2, 0.25) is 0 Å². The molecule has 25 heavy (non-hydrogen) atoms. The maximum Gasteiger partial charge on any atom is 0.335 e. The van der Waals surface area contributed by atoms with Gasteiger partial charge in [0, 0.05) is 6.04 Å². The van der Waals surface area contributed by atoms with Gasteiger partial charge in [-0.15, -0.1) is 0 Å². The van der Waals surface area contributed by atoms with Crippen molar-refractivity contribution in [3.05, 3.63) is 23.8 Å². The van der Waals surface area contributed by atoms with E-state index in [1.807, 2.05) is 0 Å². The standard InChI is InChI=1S/C17H23N3O5/c1-25-14-9-11(16(22)23)7-8-13(14)20-15(21)10-18-17(24)19-12-5-3-2-4-6-12/h7-9,12H,2-6,10H2,1H3,(H,20,21)(H,22,23)(H2,18,19,24). The van der Waals surface area contributed by atoms with Crippen LogP contribution >= 0.6 is 0 Å². The van der Waals surface area contributed by atoms with Crippen LogP contribution in [0.3, 0.4) is 0 Å². The van der Waals surface area contributed by atoms with Crippen molar-refractivity contribution in [2.45, 2.75) is 38.1 Å². The number of urea groups is 1. The Labute approximate surface area is 145 Å². The molecule has 4 N–H and O–H groups in total. The number of hydrogen-bond donors (Lipinski definition) is 4. The summed E-state index contributed by atoms with van der Waals surface area (Å²) in [6.07, 6.45) is 5.35. The summed E-state index contributed by atoms with van der Waals surface area (Å²) in [5.41, 5.74) is 0.395. The third-order valence-electron chi connectivity index (χ3n) is 4.07. The van der Waals surface area contributed by atoms with Gasteiger partial charge >= 0.3 is 12.0 Å². The Balaban J connectivity index is 1.83. The predicted molar refractivity (Wildman–Crippen MR) is 92.0 cm³/mol. The van der Waals surface area contributed by atoms with Crippen LogP contribution in [0.1, 0.15) is 42.5 Å². The Kier molecular flexibility index (Phi) is 6.62. The fourth-order valence-electron chi connectivity index (χ4n) is 2.77. The summed E-state index contributed by atoms with van der Waals surface area (Å²) in [5.74, 6) is -1.28. The molecule has 1 aliphatic carbocycles. The lowest BCUT2D eigenvalue weighted by Gasteiger charge is -2.22. The van der Waals surface area contributed by atoms with Crippen LogP contribution in [0.4, 0.5) is 10.5 Å². The highest BCUT2D eigenvalue weighted by Gasteiger charge is 2.16. The summed E-state index contributed by atoms with van der Waals surface area (Å²) in [7, 11) is 1.38. The van der Waals surface area contributed by atoms with Gasteiger partial charge < -0.3 is 25.8 Å². The monoisotopic (exact) mass is 349 g/mol. The lowest BCUT2D eigenvalue weighted by Crippen LogP contribution is -2.45. The zero-order valence-corrected chi connectivity index (χ0v) is 14.1. The number of hydrogen-bond acceptors (Lipinski definition) is 4. The molecular weight excluding hydrogens is 326 g/mol. The SMILES string of the molecule is COc1cc(C(=O)O)ccc1NC(=O)CNC(=O)NC1CCCCC1. The third kappa shape index (κ3) is 5.66. The number of ether oxygens (including phenoxy) is 1. The van der Waals surface area contributed by atoms with Crippen LogP contribution in [-0.4, -0.2) is 42.7 Å². The molecule has 3 amide bonds. The first-order valence-corrected chi connectivity index (χ1v) is 8.25. The molecule has 136 valence electrons. The fourth-order valence-corrected chi connectivity index (χ4v) is 2.77. The Morgan fingerprint density at radius 3 is 2.56 bits per heavy atom. The van der Waals surface area contributed by atoms with Crippen LogP contribution in [0.15, 0.2) is 18.2 Å². The second kappa shape index (κ2) is 8.91. The van der Waals surface area contributed by atoms with Gasteiger partial charge in [0.1, 0.15) is 5.75 Å². The van der Waals surface area contributed by atoms with Gasteiger partial charge in [0.05, 0.1) is 24.9 Å². The van der Waals surface area contributed by atoms with E-state index in [1.54, 1.807) is 0 Å². The number of carboxylic acids is 1. The van der Waals surface area contributed by atoms with Gasteiger partial charge in [-0.05, 0) is 31.0 Å². The largest absolute Gasteiger partial charge is 0.495 e. The normalized spacial score (nSPS) is 14.4. The highest BCUT2D eigenvalue weighted by Crippen LogP contribution is 2.25. The first-order valence-electron chi connectivity index (χ1n) is 8.25. The van der Waals surface area contributed by atoms with E-state index in [4.69, 9.17) is 9.84 Å². The number of carboxylic acid groups (broad SMARTS) is 1. The maximum atomic E-state index is 12.0. The van der Waals surface area contributed by atoms with E-state index < -0.39 is 11.9 Å². The molecule has 1 aromatic rings. The number of methoxy groups -OCH3 is 1. The fraction of sp³-hybridized carbons (Fsp3) is 0.471. The lowest BCUT2D eigenvalue weighted by atomic mass is 9.96. The van der Waals surface area contributed by atoms with E-state index in [-0.39, 0.29) is 29.9 Å². The zero-order chi connectivity index (χ0) is 18.2. The first kappa shape index (κ1) is 18.6. The van der Waals surface area contributed by atoms with Crippen molar-refractivity contribution in [3.8, 4) is 5.75 Å². The van der Waals surface area contributed by atoms with Crippen molar-refractivity contribution in [2.75, 3.05) is 19.0 Å². The smallest absolute Gasteiger partial charge is 0.335 e. The zero-order valence-electron chi connectivity index (χ0n) is 14.1. The third-order valence-corrected chi connectivity index (χ3v) is 4.07. The summed E-state index contributed by atoms with van der Waals surface area (Å²) in [5, 5.41) is 16.9. The molecule has 0 aliphatic heterocycles. The van der Waals surface area contributed by atoms with Gasteiger partial charge in [-0.3, -0.25) is 4.79 Å². The molecule has 0 aromatic heterocycles. The van der Waals surface area contributed by atoms with Gasteiger partial charge in [-0.1, -0.05) is 19.3 Å². The molecule has 1 saturated carbocycles. The number of carbonyl (C=O) groups is 3. The molecule has 8 heteroatoms. The molecule has 0 bridgehead atoms. The Hall–Kier alpha value is -2.77. The molecule has 0 saturated heterocycles. The second-order valence-corrected chi connectivity index (χ2v) is 5.93. The number of rotatable bonds is 6. The minimum atomic E-state index is -1.09. The first-order chi connectivity index (χ1) is 12.0.